The van der Waals surface area contributed by atoms with Crippen LogP contribution in [0.2, 0.25) is 0 Å². The summed E-state index contributed by atoms with van der Waals surface area (Å²) in [5, 5.41) is 20.1. The van der Waals surface area contributed by atoms with Gasteiger partial charge >= 0.3 is 0 Å². The van der Waals surface area contributed by atoms with Gasteiger partial charge in [-0.2, -0.15) is 0 Å². The Hall–Kier alpha value is -0.860. The van der Waals surface area contributed by atoms with E-state index >= 15 is 0 Å². The van der Waals surface area contributed by atoms with E-state index in [-0.39, 0.29) is 6.10 Å². The Morgan fingerprint density at radius 1 is 1.21 bits per heavy atom. The molecule has 0 spiro atoms. The molecule has 1 unspecified atom stereocenters. The fourth-order valence-corrected chi connectivity index (χ4v) is 6.67. The summed E-state index contributed by atoms with van der Waals surface area (Å²) in [5.74, 6) is 2.26. The number of fused-ring (bicyclic) bond motifs is 1. The van der Waals surface area contributed by atoms with Gasteiger partial charge in [-0.3, -0.25) is 0 Å². The van der Waals surface area contributed by atoms with E-state index in [1.807, 2.05) is 13.8 Å². The largest absolute Gasteiger partial charge is 0.393 e. The van der Waals surface area contributed by atoms with E-state index in [9.17, 15) is 10.2 Å². The minimum atomic E-state index is -0.535. The molecule has 3 saturated carbocycles. The molecule has 0 aromatic carbocycles. The number of aliphatic hydroxyl groups excluding tert-OH is 1. The Morgan fingerprint density at radius 2 is 1.97 bits per heavy atom. The van der Waals surface area contributed by atoms with Gasteiger partial charge in [0.2, 0.25) is 0 Å². The van der Waals surface area contributed by atoms with Gasteiger partial charge in [-0.15, -0.1) is 0 Å². The highest BCUT2D eigenvalue weighted by Gasteiger charge is 2.50. The summed E-state index contributed by atoms with van der Waals surface area (Å²) in [4.78, 5) is 0. The fraction of sp³-hybridized carbons (Fsp3) is 0.778. The predicted octanol–water partition coefficient (Wildman–Crippen LogP) is 6.73. The quantitative estimate of drug-likeness (QED) is 0.518. The van der Waals surface area contributed by atoms with Crippen LogP contribution in [-0.2, 0) is 0 Å². The summed E-state index contributed by atoms with van der Waals surface area (Å²) in [6.07, 6.45) is 16.9. The molecule has 3 rings (SSSR count). The van der Waals surface area contributed by atoms with E-state index in [0.29, 0.717) is 5.41 Å². The first-order valence-corrected chi connectivity index (χ1v) is 12.1. The molecule has 0 saturated heterocycles. The average Bonchev–Trinajstić information content (AvgIpc) is 2.99. The second kappa shape index (κ2) is 9.10. The maximum Gasteiger partial charge on any atom is 0.0591 e. The summed E-state index contributed by atoms with van der Waals surface area (Å²) in [7, 11) is 0. The lowest BCUT2D eigenvalue weighted by Gasteiger charge is -2.44. The van der Waals surface area contributed by atoms with Gasteiger partial charge in [0.1, 0.15) is 0 Å². The highest BCUT2D eigenvalue weighted by Crippen LogP contribution is 2.60. The first-order chi connectivity index (χ1) is 13.6. The van der Waals surface area contributed by atoms with Crippen molar-refractivity contribution in [3.05, 3.63) is 35.5 Å². The summed E-state index contributed by atoms with van der Waals surface area (Å²) < 4.78 is 0. The first-order valence-electron chi connectivity index (χ1n) is 12.1. The molecule has 3 aliphatic carbocycles. The molecule has 0 bridgehead atoms. The number of allylic oxidation sites excluding steroid dienone is 4. The summed E-state index contributed by atoms with van der Waals surface area (Å²) in [6, 6.07) is 0. The van der Waals surface area contributed by atoms with Crippen molar-refractivity contribution < 1.29 is 10.2 Å². The highest BCUT2D eigenvalue weighted by molar-refractivity contribution is 5.36. The van der Waals surface area contributed by atoms with Crippen LogP contribution in [0.15, 0.2) is 35.5 Å². The zero-order valence-electron chi connectivity index (χ0n) is 19.3. The van der Waals surface area contributed by atoms with Crippen molar-refractivity contribution in [2.24, 2.45) is 23.2 Å². The molecule has 2 heteroatoms. The van der Waals surface area contributed by atoms with Crippen molar-refractivity contribution in [3.8, 4) is 0 Å². The van der Waals surface area contributed by atoms with E-state index in [0.717, 1.165) is 49.9 Å². The molecule has 0 aliphatic heterocycles. The minimum absolute atomic E-state index is 0.192. The minimum Gasteiger partial charge on any atom is -0.393 e. The van der Waals surface area contributed by atoms with Gasteiger partial charge in [0.05, 0.1) is 11.7 Å². The van der Waals surface area contributed by atoms with Crippen LogP contribution in [-0.4, -0.2) is 21.9 Å². The third-order valence-corrected chi connectivity index (χ3v) is 8.36. The smallest absolute Gasteiger partial charge is 0.0591 e. The topological polar surface area (TPSA) is 40.5 Å². The first kappa shape index (κ1) is 22.8. The Bertz CT molecular complexity index is 650. The van der Waals surface area contributed by atoms with Crippen molar-refractivity contribution in [1.82, 2.24) is 0 Å². The van der Waals surface area contributed by atoms with E-state index in [1.54, 1.807) is 5.57 Å². The molecular weight excluding hydrogens is 356 g/mol. The Morgan fingerprint density at radius 3 is 2.69 bits per heavy atom. The Balaban J connectivity index is 1.68. The molecule has 164 valence electrons. The average molecular weight is 401 g/mol. The van der Waals surface area contributed by atoms with Crippen molar-refractivity contribution in [1.29, 1.82) is 0 Å². The summed E-state index contributed by atoms with van der Waals surface area (Å²) in [5.41, 5.74) is 4.02. The van der Waals surface area contributed by atoms with Crippen LogP contribution in [0.25, 0.3) is 0 Å². The summed E-state index contributed by atoms with van der Waals surface area (Å²) >= 11 is 0. The molecule has 3 fully saturated rings. The van der Waals surface area contributed by atoms with Crippen LogP contribution in [0.1, 0.15) is 98.3 Å². The van der Waals surface area contributed by atoms with Crippen LogP contribution in [0.5, 0.6) is 0 Å². The standard InChI is InChI=1S/C27H44O2/c1-19-10-13-23(28)18-22(19)12-11-21-9-7-17-27(5)24(14-15-25(21)27)20(2)8-6-16-26(3,4)29/h11-12,20,23-25,28-29H,1,6-10,13-18H2,2-5H3/b21-11-,22-12-/t20-,23+,24?,25+,27-/m1/s1. The van der Waals surface area contributed by atoms with Crippen LogP contribution in [0, 0.1) is 23.2 Å². The molecule has 0 amide bonds. The monoisotopic (exact) mass is 400 g/mol. The van der Waals surface area contributed by atoms with Gasteiger partial charge in [0, 0.05) is 0 Å². The van der Waals surface area contributed by atoms with Crippen molar-refractivity contribution in [2.45, 2.75) is 110 Å². The number of rotatable bonds is 6. The third kappa shape index (κ3) is 5.44. The normalized spacial score (nSPS) is 37.2. The van der Waals surface area contributed by atoms with Crippen molar-refractivity contribution in [2.75, 3.05) is 0 Å². The number of hydrogen-bond acceptors (Lipinski definition) is 2. The van der Waals surface area contributed by atoms with Gasteiger partial charge in [-0.1, -0.05) is 56.6 Å². The molecule has 3 aliphatic rings. The molecule has 5 atom stereocenters. The maximum absolute atomic E-state index is 10.0. The van der Waals surface area contributed by atoms with Gasteiger partial charge in [-0.05, 0) is 100 Å². The summed E-state index contributed by atoms with van der Waals surface area (Å²) in [6.45, 7) is 13.1. The predicted molar refractivity (Wildman–Crippen MR) is 123 cm³/mol. The lowest BCUT2D eigenvalue weighted by atomic mass is 9.60. The second-order valence-electron chi connectivity index (χ2n) is 11.2. The number of hydrogen-bond donors (Lipinski definition) is 2. The molecule has 29 heavy (non-hydrogen) atoms. The Kier molecular flexibility index (Phi) is 7.16. The van der Waals surface area contributed by atoms with Crippen molar-refractivity contribution in [3.63, 3.8) is 0 Å². The maximum atomic E-state index is 10.0. The van der Waals surface area contributed by atoms with Crippen LogP contribution in [0.4, 0.5) is 0 Å². The lowest BCUT2D eigenvalue weighted by Crippen LogP contribution is -2.36. The molecule has 2 nitrogen and oxygen atoms in total. The highest BCUT2D eigenvalue weighted by atomic mass is 16.3. The van der Waals surface area contributed by atoms with Crippen molar-refractivity contribution >= 4 is 0 Å². The van der Waals surface area contributed by atoms with Crippen LogP contribution < -0.4 is 0 Å². The lowest BCUT2D eigenvalue weighted by molar-refractivity contribution is 0.0596. The molecule has 0 aromatic heterocycles. The fourth-order valence-electron chi connectivity index (χ4n) is 6.67. The SMILES string of the molecule is C=C1CC[C@H](O)C/C1=C/C=C1/CCC[C@]2(C)C([C@H](C)CCCC(C)(C)O)CC[C@@H]12. The van der Waals surface area contributed by atoms with Gasteiger partial charge in [-0.25, -0.2) is 0 Å². The number of aliphatic hydroxyl groups is 2. The van der Waals surface area contributed by atoms with E-state index < -0.39 is 5.60 Å². The molecular formula is C27H44O2. The van der Waals surface area contributed by atoms with E-state index in [2.05, 4.69) is 32.6 Å². The van der Waals surface area contributed by atoms with Gasteiger partial charge in [0.15, 0.2) is 0 Å². The zero-order chi connectivity index (χ0) is 21.2. The van der Waals surface area contributed by atoms with Crippen LogP contribution in [0.3, 0.4) is 0 Å². The molecule has 2 N–H and O–H groups in total. The van der Waals surface area contributed by atoms with Gasteiger partial charge in [0.25, 0.3) is 0 Å². The van der Waals surface area contributed by atoms with E-state index in [4.69, 9.17) is 0 Å². The van der Waals surface area contributed by atoms with E-state index in [1.165, 1.54) is 49.7 Å². The third-order valence-electron chi connectivity index (χ3n) is 8.36. The second-order valence-corrected chi connectivity index (χ2v) is 11.2. The zero-order valence-corrected chi connectivity index (χ0v) is 19.3. The Labute approximate surface area is 179 Å². The molecule has 0 aromatic rings. The molecule has 0 radical (unpaired) electrons. The molecule has 0 heterocycles. The van der Waals surface area contributed by atoms with Gasteiger partial charge < -0.3 is 10.2 Å². The van der Waals surface area contributed by atoms with Crippen LogP contribution >= 0.6 is 0 Å².